The fraction of sp³-hybridized carbons (Fsp3) is 0.250. The Balaban J connectivity index is 1.95. The third kappa shape index (κ3) is 3.40. The molecule has 0 fully saturated rings. The van der Waals surface area contributed by atoms with Gasteiger partial charge in [-0.25, -0.2) is 0 Å². The van der Waals surface area contributed by atoms with Crippen molar-refractivity contribution >= 4 is 12.2 Å². The van der Waals surface area contributed by atoms with Gasteiger partial charge in [0.25, 0.3) is 0 Å². The standard InChI is InChI=1S/C16H19BO/c1-13-4-6-14(7-5-13)12-18-16-10-8-15(9-11-16)17(2)3/h4-11H,12H2,1-3H3. The van der Waals surface area contributed by atoms with Crippen LogP contribution in [0.2, 0.25) is 13.6 Å². The summed E-state index contributed by atoms with van der Waals surface area (Å²) in [5.74, 6) is 0.931. The first-order valence-electron chi connectivity index (χ1n) is 6.43. The van der Waals surface area contributed by atoms with Crippen molar-refractivity contribution in [1.82, 2.24) is 0 Å². The first-order valence-corrected chi connectivity index (χ1v) is 6.43. The Hall–Kier alpha value is -1.70. The van der Waals surface area contributed by atoms with Gasteiger partial charge in [-0.3, -0.25) is 0 Å². The number of hydrogen-bond acceptors (Lipinski definition) is 1. The molecule has 0 aliphatic rings. The molecule has 18 heavy (non-hydrogen) atoms. The first kappa shape index (κ1) is 12.8. The summed E-state index contributed by atoms with van der Waals surface area (Å²) in [6.07, 6.45) is 0. The molecule has 0 radical (unpaired) electrons. The lowest BCUT2D eigenvalue weighted by Gasteiger charge is -2.08. The molecule has 2 aromatic rings. The minimum atomic E-state index is 0.566. The van der Waals surface area contributed by atoms with Gasteiger partial charge in [-0.2, -0.15) is 0 Å². The highest BCUT2D eigenvalue weighted by molar-refractivity contribution is 6.70. The molecule has 2 rings (SSSR count). The lowest BCUT2D eigenvalue weighted by Crippen LogP contribution is -2.21. The van der Waals surface area contributed by atoms with Gasteiger partial charge in [0.05, 0.1) is 0 Å². The zero-order valence-corrected chi connectivity index (χ0v) is 11.3. The Labute approximate surface area is 110 Å². The van der Waals surface area contributed by atoms with Crippen molar-refractivity contribution in [3.8, 4) is 5.75 Å². The molecule has 0 bridgehead atoms. The van der Waals surface area contributed by atoms with E-state index < -0.39 is 0 Å². The minimum absolute atomic E-state index is 0.566. The van der Waals surface area contributed by atoms with Crippen molar-refractivity contribution in [1.29, 1.82) is 0 Å². The van der Waals surface area contributed by atoms with E-state index in [1.807, 2.05) is 12.1 Å². The molecule has 0 spiro atoms. The van der Waals surface area contributed by atoms with Crippen molar-refractivity contribution in [2.75, 3.05) is 0 Å². The smallest absolute Gasteiger partial charge is 0.169 e. The molecule has 0 aliphatic heterocycles. The lowest BCUT2D eigenvalue weighted by atomic mass is 9.49. The molecule has 1 nitrogen and oxygen atoms in total. The zero-order valence-electron chi connectivity index (χ0n) is 11.3. The maximum absolute atomic E-state index is 5.77. The molecule has 2 aromatic carbocycles. The third-order valence-electron chi connectivity index (χ3n) is 3.07. The Kier molecular flexibility index (Phi) is 4.09. The summed E-state index contributed by atoms with van der Waals surface area (Å²) in [7, 11) is 0. The molecule has 0 aromatic heterocycles. The molecule has 0 amide bonds. The van der Waals surface area contributed by atoms with Crippen molar-refractivity contribution < 1.29 is 4.74 Å². The number of hydrogen-bond donors (Lipinski definition) is 0. The summed E-state index contributed by atoms with van der Waals surface area (Å²) in [6, 6.07) is 16.8. The van der Waals surface area contributed by atoms with Gasteiger partial charge in [0.1, 0.15) is 12.4 Å². The van der Waals surface area contributed by atoms with Crippen LogP contribution in [0.15, 0.2) is 48.5 Å². The largest absolute Gasteiger partial charge is 0.489 e. The summed E-state index contributed by atoms with van der Waals surface area (Å²) >= 11 is 0. The van der Waals surface area contributed by atoms with Gasteiger partial charge in [-0.1, -0.05) is 61.1 Å². The molecule has 0 aliphatic carbocycles. The van der Waals surface area contributed by atoms with E-state index in [9.17, 15) is 0 Å². The van der Waals surface area contributed by atoms with Crippen molar-refractivity contribution in [3.05, 3.63) is 59.7 Å². The van der Waals surface area contributed by atoms with Crippen molar-refractivity contribution in [3.63, 3.8) is 0 Å². The van der Waals surface area contributed by atoms with Gasteiger partial charge in [0.2, 0.25) is 0 Å². The normalized spacial score (nSPS) is 10.2. The Morgan fingerprint density at radius 2 is 1.50 bits per heavy atom. The van der Waals surface area contributed by atoms with Crippen LogP contribution in [0.3, 0.4) is 0 Å². The molecule has 0 unspecified atom stereocenters. The molecule has 0 atom stereocenters. The number of aryl methyl sites for hydroxylation is 1. The van der Waals surface area contributed by atoms with Crippen LogP contribution in [-0.4, -0.2) is 6.71 Å². The van der Waals surface area contributed by atoms with Crippen LogP contribution in [0.4, 0.5) is 0 Å². The highest BCUT2D eigenvalue weighted by Crippen LogP contribution is 2.12. The first-order chi connectivity index (χ1) is 8.65. The van der Waals surface area contributed by atoms with E-state index in [0.717, 1.165) is 5.75 Å². The average molecular weight is 238 g/mol. The monoisotopic (exact) mass is 238 g/mol. The Morgan fingerprint density at radius 3 is 2.06 bits per heavy atom. The topological polar surface area (TPSA) is 9.23 Å². The second-order valence-electron chi connectivity index (χ2n) is 5.00. The molecule has 2 heteroatoms. The second-order valence-corrected chi connectivity index (χ2v) is 5.00. The van der Waals surface area contributed by atoms with Gasteiger partial charge in [-0.15, -0.1) is 0 Å². The highest BCUT2D eigenvalue weighted by Gasteiger charge is 2.02. The van der Waals surface area contributed by atoms with Crippen molar-refractivity contribution in [2.24, 2.45) is 0 Å². The molecule has 0 saturated carbocycles. The summed E-state index contributed by atoms with van der Waals surface area (Å²) in [4.78, 5) is 0. The van der Waals surface area contributed by atoms with Crippen LogP contribution in [0.25, 0.3) is 0 Å². The Morgan fingerprint density at radius 1 is 0.889 bits per heavy atom. The quantitative estimate of drug-likeness (QED) is 0.740. The van der Waals surface area contributed by atoms with Crippen LogP contribution in [0.5, 0.6) is 5.75 Å². The maximum atomic E-state index is 5.77. The maximum Gasteiger partial charge on any atom is 0.169 e. The van der Waals surface area contributed by atoms with E-state index in [1.165, 1.54) is 16.6 Å². The van der Waals surface area contributed by atoms with E-state index in [1.54, 1.807) is 0 Å². The average Bonchev–Trinajstić information content (AvgIpc) is 2.38. The van der Waals surface area contributed by atoms with Crippen molar-refractivity contribution in [2.45, 2.75) is 27.2 Å². The lowest BCUT2D eigenvalue weighted by molar-refractivity contribution is 0.306. The molecular weight excluding hydrogens is 219 g/mol. The molecule has 0 heterocycles. The van der Waals surface area contributed by atoms with Crippen LogP contribution in [0, 0.1) is 6.92 Å². The summed E-state index contributed by atoms with van der Waals surface area (Å²) < 4.78 is 5.77. The second kappa shape index (κ2) is 5.77. The van der Waals surface area contributed by atoms with E-state index in [0.29, 0.717) is 13.3 Å². The molecule has 92 valence electrons. The van der Waals surface area contributed by atoms with Crippen LogP contribution < -0.4 is 10.2 Å². The summed E-state index contributed by atoms with van der Waals surface area (Å²) in [6.45, 7) is 7.68. The molecular formula is C16H19BO. The predicted molar refractivity (Wildman–Crippen MR) is 79.1 cm³/mol. The molecule has 0 saturated heterocycles. The van der Waals surface area contributed by atoms with E-state index in [-0.39, 0.29) is 0 Å². The fourth-order valence-corrected chi connectivity index (χ4v) is 1.80. The van der Waals surface area contributed by atoms with Crippen LogP contribution in [0.1, 0.15) is 11.1 Å². The van der Waals surface area contributed by atoms with Gasteiger partial charge in [0.15, 0.2) is 6.71 Å². The van der Waals surface area contributed by atoms with Gasteiger partial charge < -0.3 is 4.74 Å². The number of benzene rings is 2. The number of ether oxygens (including phenoxy) is 1. The van der Waals surface area contributed by atoms with Gasteiger partial charge >= 0.3 is 0 Å². The van der Waals surface area contributed by atoms with E-state index in [2.05, 4.69) is 57.0 Å². The third-order valence-corrected chi connectivity index (χ3v) is 3.07. The van der Waals surface area contributed by atoms with Gasteiger partial charge in [-0.05, 0) is 24.6 Å². The van der Waals surface area contributed by atoms with E-state index in [4.69, 9.17) is 4.74 Å². The van der Waals surface area contributed by atoms with E-state index >= 15 is 0 Å². The minimum Gasteiger partial charge on any atom is -0.489 e. The summed E-state index contributed by atoms with van der Waals surface area (Å²) in [5.41, 5.74) is 3.83. The molecule has 0 N–H and O–H groups in total. The number of rotatable bonds is 4. The summed E-state index contributed by atoms with van der Waals surface area (Å²) in [5, 5.41) is 0. The Bertz CT molecular complexity index is 486. The SMILES string of the molecule is CB(C)c1ccc(OCc2ccc(C)cc2)cc1. The zero-order chi connectivity index (χ0) is 13.0. The highest BCUT2D eigenvalue weighted by atomic mass is 16.5. The van der Waals surface area contributed by atoms with Gasteiger partial charge in [0, 0.05) is 0 Å². The fourth-order valence-electron chi connectivity index (χ4n) is 1.80. The van der Waals surface area contributed by atoms with Crippen LogP contribution >= 0.6 is 0 Å². The van der Waals surface area contributed by atoms with Crippen LogP contribution in [-0.2, 0) is 6.61 Å². The predicted octanol–water partition coefficient (Wildman–Crippen LogP) is 3.54.